The summed E-state index contributed by atoms with van der Waals surface area (Å²) in [6.45, 7) is 3.39. The molecule has 122 valence electrons. The van der Waals surface area contributed by atoms with Gasteiger partial charge in [-0.3, -0.25) is 0 Å². The Morgan fingerprint density at radius 2 is 2.35 bits per heavy atom. The number of carbonyl (C=O) groups is 1. The summed E-state index contributed by atoms with van der Waals surface area (Å²) in [7, 11) is 0. The lowest BCUT2D eigenvalue weighted by Crippen LogP contribution is -2.49. The van der Waals surface area contributed by atoms with Crippen LogP contribution >= 0.6 is 11.3 Å². The SMILES string of the molecule is Cc1cc(NC(=O)NC2CCCN(c3nccs3)C2)ccc1F. The highest BCUT2D eigenvalue weighted by molar-refractivity contribution is 7.13. The molecule has 0 aliphatic carbocycles. The third kappa shape index (κ3) is 3.98. The van der Waals surface area contributed by atoms with E-state index in [2.05, 4.69) is 20.5 Å². The summed E-state index contributed by atoms with van der Waals surface area (Å²) in [5.41, 5.74) is 1.10. The first-order chi connectivity index (χ1) is 11.1. The van der Waals surface area contributed by atoms with Crippen LogP contribution in [0.25, 0.3) is 0 Å². The number of thiazole rings is 1. The molecular weight excluding hydrogens is 315 g/mol. The van der Waals surface area contributed by atoms with Crippen molar-refractivity contribution in [3.63, 3.8) is 0 Å². The summed E-state index contributed by atoms with van der Waals surface area (Å²) in [4.78, 5) is 18.6. The van der Waals surface area contributed by atoms with Gasteiger partial charge in [0.05, 0.1) is 0 Å². The molecule has 1 aliphatic heterocycles. The van der Waals surface area contributed by atoms with Crippen LogP contribution in [-0.2, 0) is 0 Å². The molecule has 2 amide bonds. The number of aryl methyl sites for hydroxylation is 1. The summed E-state index contributed by atoms with van der Waals surface area (Å²) >= 11 is 1.61. The maximum Gasteiger partial charge on any atom is 0.319 e. The second kappa shape index (κ2) is 6.95. The van der Waals surface area contributed by atoms with Gasteiger partial charge in [-0.05, 0) is 43.5 Å². The monoisotopic (exact) mass is 334 g/mol. The molecule has 1 aliphatic rings. The van der Waals surface area contributed by atoms with Gasteiger partial charge in [-0.2, -0.15) is 0 Å². The first-order valence-electron chi connectivity index (χ1n) is 7.60. The fraction of sp³-hybridized carbons (Fsp3) is 0.375. The minimum absolute atomic E-state index is 0.0780. The number of rotatable bonds is 3. The van der Waals surface area contributed by atoms with Crippen molar-refractivity contribution < 1.29 is 9.18 Å². The molecule has 7 heteroatoms. The molecule has 0 spiro atoms. The Labute approximate surface area is 138 Å². The number of piperidine rings is 1. The molecule has 2 aromatic rings. The normalized spacial score (nSPS) is 17.8. The van der Waals surface area contributed by atoms with E-state index in [9.17, 15) is 9.18 Å². The molecule has 5 nitrogen and oxygen atoms in total. The van der Waals surface area contributed by atoms with Crippen LogP contribution in [0.4, 0.5) is 20.0 Å². The summed E-state index contributed by atoms with van der Waals surface area (Å²) in [6.07, 6.45) is 3.75. The predicted octanol–water partition coefficient (Wildman–Crippen LogP) is 3.38. The van der Waals surface area contributed by atoms with Gasteiger partial charge in [0.15, 0.2) is 5.13 Å². The van der Waals surface area contributed by atoms with E-state index in [0.717, 1.165) is 31.1 Å². The molecule has 1 aromatic carbocycles. The Hall–Kier alpha value is -2.15. The average Bonchev–Trinajstić information content (AvgIpc) is 3.05. The summed E-state index contributed by atoms with van der Waals surface area (Å²) < 4.78 is 13.2. The van der Waals surface area contributed by atoms with Gasteiger partial charge in [0.2, 0.25) is 0 Å². The molecule has 0 saturated carbocycles. The predicted molar refractivity (Wildman–Crippen MR) is 90.6 cm³/mol. The van der Waals surface area contributed by atoms with Gasteiger partial charge >= 0.3 is 6.03 Å². The lowest BCUT2D eigenvalue weighted by Gasteiger charge is -2.32. The zero-order valence-corrected chi connectivity index (χ0v) is 13.7. The lowest BCUT2D eigenvalue weighted by molar-refractivity contribution is 0.246. The highest BCUT2D eigenvalue weighted by Crippen LogP contribution is 2.22. The van der Waals surface area contributed by atoms with Crippen molar-refractivity contribution in [1.29, 1.82) is 0 Å². The molecule has 23 heavy (non-hydrogen) atoms. The van der Waals surface area contributed by atoms with Crippen molar-refractivity contribution in [3.8, 4) is 0 Å². The Morgan fingerprint density at radius 3 is 3.09 bits per heavy atom. The largest absolute Gasteiger partial charge is 0.346 e. The smallest absolute Gasteiger partial charge is 0.319 e. The van der Waals surface area contributed by atoms with E-state index < -0.39 is 0 Å². The number of urea groups is 1. The molecule has 1 atom stereocenters. The number of hydrogen-bond donors (Lipinski definition) is 2. The number of amides is 2. The second-order valence-corrected chi connectivity index (χ2v) is 6.54. The number of nitrogens with one attached hydrogen (secondary N) is 2. The Balaban J connectivity index is 1.55. The maximum atomic E-state index is 13.2. The van der Waals surface area contributed by atoms with Crippen molar-refractivity contribution >= 4 is 28.2 Å². The first kappa shape index (κ1) is 15.7. The number of halogens is 1. The Bertz CT molecular complexity index is 677. The quantitative estimate of drug-likeness (QED) is 0.905. The molecule has 1 aromatic heterocycles. The molecule has 0 radical (unpaired) electrons. The number of benzene rings is 1. The molecule has 0 bridgehead atoms. The van der Waals surface area contributed by atoms with Crippen LogP contribution in [0.15, 0.2) is 29.8 Å². The van der Waals surface area contributed by atoms with Gasteiger partial charge in [0.1, 0.15) is 5.82 Å². The molecule has 2 heterocycles. The molecular formula is C16H19FN4OS. The van der Waals surface area contributed by atoms with Crippen molar-refractivity contribution in [1.82, 2.24) is 10.3 Å². The van der Waals surface area contributed by atoms with Gasteiger partial charge in [-0.25, -0.2) is 14.2 Å². The van der Waals surface area contributed by atoms with Crippen LogP contribution in [0, 0.1) is 12.7 Å². The van der Waals surface area contributed by atoms with E-state index in [1.807, 2.05) is 5.38 Å². The van der Waals surface area contributed by atoms with Crippen molar-refractivity contribution in [3.05, 3.63) is 41.2 Å². The zero-order valence-electron chi connectivity index (χ0n) is 12.9. The maximum absolute atomic E-state index is 13.2. The number of aromatic nitrogens is 1. The minimum atomic E-state index is -0.276. The fourth-order valence-corrected chi connectivity index (χ4v) is 3.40. The zero-order chi connectivity index (χ0) is 16.2. The number of nitrogens with zero attached hydrogens (tertiary/aromatic N) is 2. The van der Waals surface area contributed by atoms with Gasteiger partial charge in [0, 0.05) is 36.4 Å². The molecule has 3 rings (SSSR count). The van der Waals surface area contributed by atoms with E-state index in [4.69, 9.17) is 0 Å². The third-order valence-electron chi connectivity index (χ3n) is 3.86. The topological polar surface area (TPSA) is 57.3 Å². The summed E-state index contributed by atoms with van der Waals surface area (Å²) in [6, 6.07) is 4.36. The van der Waals surface area contributed by atoms with E-state index in [1.54, 1.807) is 36.6 Å². The summed E-state index contributed by atoms with van der Waals surface area (Å²) in [5, 5.41) is 8.69. The van der Waals surface area contributed by atoms with Crippen molar-refractivity contribution in [2.24, 2.45) is 0 Å². The van der Waals surface area contributed by atoms with Gasteiger partial charge in [-0.15, -0.1) is 11.3 Å². The van der Waals surface area contributed by atoms with Crippen LogP contribution < -0.4 is 15.5 Å². The van der Waals surface area contributed by atoms with Gasteiger partial charge in [0.25, 0.3) is 0 Å². The number of carbonyl (C=O) groups excluding carboxylic acids is 1. The van der Waals surface area contributed by atoms with Crippen molar-refractivity contribution in [2.75, 3.05) is 23.3 Å². The first-order valence-corrected chi connectivity index (χ1v) is 8.48. The Kier molecular flexibility index (Phi) is 4.76. The third-order valence-corrected chi connectivity index (χ3v) is 4.69. The van der Waals surface area contributed by atoms with E-state index >= 15 is 0 Å². The van der Waals surface area contributed by atoms with Crippen LogP contribution in [0.1, 0.15) is 18.4 Å². The highest BCUT2D eigenvalue weighted by atomic mass is 32.1. The van der Waals surface area contributed by atoms with Crippen LogP contribution in [0.5, 0.6) is 0 Å². The van der Waals surface area contributed by atoms with Gasteiger partial charge in [-0.1, -0.05) is 0 Å². The molecule has 2 N–H and O–H groups in total. The highest BCUT2D eigenvalue weighted by Gasteiger charge is 2.22. The van der Waals surface area contributed by atoms with Crippen molar-refractivity contribution in [2.45, 2.75) is 25.8 Å². The average molecular weight is 334 g/mol. The van der Waals surface area contributed by atoms with Crippen LogP contribution in [0.2, 0.25) is 0 Å². The van der Waals surface area contributed by atoms with E-state index in [0.29, 0.717) is 11.3 Å². The van der Waals surface area contributed by atoms with Crippen LogP contribution in [0.3, 0.4) is 0 Å². The molecule has 1 fully saturated rings. The lowest BCUT2D eigenvalue weighted by atomic mass is 10.1. The summed E-state index contributed by atoms with van der Waals surface area (Å²) in [5.74, 6) is -0.276. The fourth-order valence-electron chi connectivity index (χ4n) is 2.72. The standard InChI is InChI=1S/C16H19FN4OS/c1-11-9-12(4-5-14(11)17)19-15(22)20-13-3-2-7-21(10-13)16-18-6-8-23-16/h4-6,8-9,13H,2-3,7,10H2,1H3,(H2,19,20,22). The van der Waals surface area contributed by atoms with E-state index in [-0.39, 0.29) is 17.9 Å². The minimum Gasteiger partial charge on any atom is -0.346 e. The number of anilines is 2. The van der Waals surface area contributed by atoms with Gasteiger partial charge < -0.3 is 15.5 Å². The van der Waals surface area contributed by atoms with Crippen LogP contribution in [-0.4, -0.2) is 30.1 Å². The van der Waals surface area contributed by atoms with E-state index in [1.165, 1.54) is 6.07 Å². The Morgan fingerprint density at radius 1 is 1.48 bits per heavy atom. The molecule has 1 saturated heterocycles. The second-order valence-electron chi connectivity index (χ2n) is 5.66. The molecule has 1 unspecified atom stereocenters. The number of hydrogen-bond acceptors (Lipinski definition) is 4.